The summed E-state index contributed by atoms with van der Waals surface area (Å²) >= 11 is 0. The molecule has 162 valence electrons. The summed E-state index contributed by atoms with van der Waals surface area (Å²) in [6, 6.07) is 6.00. The summed E-state index contributed by atoms with van der Waals surface area (Å²) in [4.78, 5) is 12.0. The smallest absolute Gasteiger partial charge is 0.170 e. The molecule has 1 aromatic heterocycles. The summed E-state index contributed by atoms with van der Waals surface area (Å²) in [6.45, 7) is 3.58. The van der Waals surface area contributed by atoms with Gasteiger partial charge in [0.25, 0.3) is 0 Å². The maximum Gasteiger partial charge on any atom is 0.170 e. The van der Waals surface area contributed by atoms with Crippen molar-refractivity contribution < 1.29 is 14.6 Å². The molecule has 3 N–H and O–H groups in total. The topological polar surface area (TPSA) is 93.7 Å². The average Bonchev–Trinajstić information content (AvgIpc) is 3.13. The molecule has 1 saturated carbocycles. The van der Waals surface area contributed by atoms with Gasteiger partial charge >= 0.3 is 0 Å². The molecule has 2 fully saturated rings. The third kappa shape index (κ3) is 3.50. The molecule has 4 rings (SSSR count). The van der Waals surface area contributed by atoms with Crippen molar-refractivity contribution in [3.63, 3.8) is 0 Å². The Labute approximate surface area is 178 Å². The lowest BCUT2D eigenvalue weighted by molar-refractivity contribution is 0.196. The van der Waals surface area contributed by atoms with Crippen molar-refractivity contribution in [3.05, 3.63) is 29.6 Å². The van der Waals surface area contributed by atoms with Crippen LogP contribution >= 0.6 is 0 Å². The van der Waals surface area contributed by atoms with E-state index in [-0.39, 0.29) is 12.0 Å². The Morgan fingerprint density at radius 1 is 1.17 bits per heavy atom. The Morgan fingerprint density at radius 3 is 2.53 bits per heavy atom. The molecular formula is C23H32N4O3. The highest BCUT2D eigenvalue weighted by molar-refractivity contribution is 5.73. The number of methoxy groups -OCH3 is 2. The first-order valence-electron chi connectivity index (χ1n) is 10.7. The first-order valence-corrected chi connectivity index (χ1v) is 10.7. The van der Waals surface area contributed by atoms with E-state index in [1.807, 2.05) is 25.1 Å². The van der Waals surface area contributed by atoms with E-state index in [0.29, 0.717) is 28.9 Å². The zero-order valence-corrected chi connectivity index (χ0v) is 18.1. The van der Waals surface area contributed by atoms with Gasteiger partial charge in [-0.3, -0.25) is 0 Å². The van der Waals surface area contributed by atoms with E-state index in [1.54, 1.807) is 14.2 Å². The summed E-state index contributed by atoms with van der Waals surface area (Å²) in [7, 11) is 3.23. The number of rotatable bonds is 5. The molecule has 0 bridgehead atoms. The number of nitrogens with two attached hydrogens (primary N) is 1. The molecule has 7 nitrogen and oxygen atoms in total. The normalized spacial score (nSPS) is 20.6. The number of piperidine rings is 1. The highest BCUT2D eigenvalue weighted by atomic mass is 16.5. The minimum Gasteiger partial charge on any atom is -0.493 e. The fourth-order valence-corrected chi connectivity index (χ4v) is 5.18. The zero-order valence-electron chi connectivity index (χ0n) is 18.1. The molecule has 1 atom stereocenters. The number of hydrogen-bond acceptors (Lipinski definition) is 7. The highest BCUT2D eigenvalue weighted by Crippen LogP contribution is 2.46. The van der Waals surface area contributed by atoms with E-state index < -0.39 is 0 Å². The molecular weight excluding hydrogens is 380 g/mol. The van der Waals surface area contributed by atoms with Crippen LogP contribution in [0.1, 0.15) is 43.5 Å². The molecule has 2 aromatic rings. The molecule has 0 amide bonds. The van der Waals surface area contributed by atoms with Crippen LogP contribution in [0.2, 0.25) is 0 Å². The summed E-state index contributed by atoms with van der Waals surface area (Å²) in [5.74, 6) is 2.03. The third-order valence-electron chi connectivity index (χ3n) is 6.96. The second-order valence-corrected chi connectivity index (χ2v) is 8.48. The molecule has 1 spiro atoms. The maximum atomic E-state index is 10.1. The highest BCUT2D eigenvalue weighted by Gasteiger charge is 2.43. The number of anilines is 1. The number of aliphatic hydroxyl groups is 1. The largest absolute Gasteiger partial charge is 0.493 e. The molecule has 2 heterocycles. The summed E-state index contributed by atoms with van der Waals surface area (Å²) in [5, 5.41) is 10.1. The van der Waals surface area contributed by atoms with Crippen molar-refractivity contribution in [2.45, 2.75) is 51.7 Å². The van der Waals surface area contributed by atoms with Gasteiger partial charge in [-0.2, -0.15) is 0 Å². The summed E-state index contributed by atoms with van der Waals surface area (Å²) in [6.07, 6.45) is 5.75. The zero-order chi connectivity index (χ0) is 21.3. The number of hydrogen-bond donors (Lipinski definition) is 2. The van der Waals surface area contributed by atoms with Crippen LogP contribution in [0, 0.1) is 12.3 Å². The maximum absolute atomic E-state index is 10.1. The van der Waals surface area contributed by atoms with Gasteiger partial charge in [0.2, 0.25) is 0 Å². The van der Waals surface area contributed by atoms with Gasteiger partial charge in [-0.05, 0) is 50.2 Å². The van der Waals surface area contributed by atoms with Crippen molar-refractivity contribution >= 4 is 5.82 Å². The fraction of sp³-hybridized carbons (Fsp3) is 0.565. The van der Waals surface area contributed by atoms with Crippen LogP contribution in [0.3, 0.4) is 0 Å². The van der Waals surface area contributed by atoms with Gasteiger partial charge in [0, 0.05) is 24.7 Å². The minimum absolute atomic E-state index is 0.164. The number of para-hydroxylation sites is 1. The van der Waals surface area contributed by atoms with Crippen LogP contribution < -0.4 is 20.1 Å². The Kier molecular flexibility index (Phi) is 5.84. The van der Waals surface area contributed by atoms with Crippen LogP contribution in [0.15, 0.2) is 18.2 Å². The number of aryl methyl sites for hydroxylation is 1. The van der Waals surface area contributed by atoms with Crippen LogP contribution in [-0.2, 0) is 6.61 Å². The monoisotopic (exact) mass is 412 g/mol. The molecule has 30 heavy (non-hydrogen) atoms. The standard InChI is InChI=1S/C23H32N4O3/c1-15-20(16-6-4-7-18(29-2)21(16)30-3)26-17(14-28)22(25-15)27-12-10-23(11-13-27)9-5-8-19(23)24/h4,6-7,19,28H,5,8-14,24H2,1-3H3. The van der Waals surface area contributed by atoms with Crippen molar-refractivity contribution in [3.8, 4) is 22.8 Å². The molecule has 2 aliphatic rings. The number of aliphatic hydroxyl groups excluding tert-OH is 1. The molecule has 1 unspecified atom stereocenters. The van der Waals surface area contributed by atoms with Crippen molar-refractivity contribution in [1.82, 2.24) is 9.97 Å². The van der Waals surface area contributed by atoms with E-state index in [9.17, 15) is 5.11 Å². The lowest BCUT2D eigenvalue weighted by Crippen LogP contribution is -2.47. The van der Waals surface area contributed by atoms with Crippen LogP contribution in [0.5, 0.6) is 11.5 Å². The number of aromatic nitrogens is 2. The van der Waals surface area contributed by atoms with Crippen molar-refractivity contribution in [2.24, 2.45) is 11.1 Å². The summed E-state index contributed by atoms with van der Waals surface area (Å²) < 4.78 is 11.0. The van der Waals surface area contributed by atoms with E-state index in [1.165, 1.54) is 12.8 Å². The van der Waals surface area contributed by atoms with Gasteiger partial charge < -0.3 is 25.2 Å². The first kappa shape index (κ1) is 20.9. The molecule has 1 aliphatic heterocycles. The second-order valence-electron chi connectivity index (χ2n) is 8.48. The van der Waals surface area contributed by atoms with Gasteiger partial charge in [-0.1, -0.05) is 12.5 Å². The summed E-state index contributed by atoms with van der Waals surface area (Å²) in [5.41, 5.74) is 9.61. The SMILES string of the molecule is COc1cccc(-c2nc(CO)c(N3CCC4(CCCC4N)CC3)nc2C)c1OC. The number of nitrogens with zero attached hydrogens (tertiary/aromatic N) is 3. The van der Waals surface area contributed by atoms with Crippen molar-refractivity contribution in [1.29, 1.82) is 0 Å². The molecule has 1 saturated heterocycles. The quantitative estimate of drug-likeness (QED) is 0.779. The molecule has 1 aliphatic carbocycles. The first-order chi connectivity index (χ1) is 14.5. The van der Waals surface area contributed by atoms with Gasteiger partial charge in [0.15, 0.2) is 17.3 Å². The van der Waals surface area contributed by atoms with E-state index in [4.69, 9.17) is 25.2 Å². The Bertz CT molecular complexity index is 910. The van der Waals surface area contributed by atoms with Crippen LogP contribution in [0.4, 0.5) is 5.82 Å². The molecule has 7 heteroatoms. The van der Waals surface area contributed by atoms with Crippen molar-refractivity contribution in [2.75, 3.05) is 32.2 Å². The van der Waals surface area contributed by atoms with Gasteiger partial charge in [0.05, 0.1) is 32.2 Å². The predicted molar refractivity (Wildman–Crippen MR) is 117 cm³/mol. The lowest BCUT2D eigenvalue weighted by atomic mass is 9.74. The Hall–Kier alpha value is -2.38. The minimum atomic E-state index is -0.164. The Balaban J connectivity index is 1.66. The molecule has 0 radical (unpaired) electrons. The van der Waals surface area contributed by atoms with Crippen LogP contribution in [-0.4, -0.2) is 48.4 Å². The van der Waals surface area contributed by atoms with E-state index in [2.05, 4.69) is 4.90 Å². The van der Waals surface area contributed by atoms with E-state index >= 15 is 0 Å². The van der Waals surface area contributed by atoms with E-state index in [0.717, 1.165) is 49.4 Å². The average molecular weight is 413 g/mol. The molecule has 1 aromatic carbocycles. The van der Waals surface area contributed by atoms with Gasteiger partial charge in [-0.15, -0.1) is 0 Å². The van der Waals surface area contributed by atoms with Gasteiger partial charge in [0.1, 0.15) is 5.69 Å². The second kappa shape index (κ2) is 8.40. The van der Waals surface area contributed by atoms with Gasteiger partial charge in [-0.25, -0.2) is 9.97 Å². The lowest BCUT2D eigenvalue weighted by Gasteiger charge is -2.42. The number of ether oxygens (including phenoxy) is 2. The third-order valence-corrected chi connectivity index (χ3v) is 6.96. The number of benzene rings is 1. The predicted octanol–water partition coefficient (Wildman–Crippen LogP) is 3.06. The fourth-order valence-electron chi connectivity index (χ4n) is 5.18. The van der Waals surface area contributed by atoms with Crippen LogP contribution in [0.25, 0.3) is 11.3 Å². The Morgan fingerprint density at radius 2 is 1.93 bits per heavy atom.